The van der Waals surface area contributed by atoms with Crippen molar-refractivity contribution in [3.05, 3.63) is 10.9 Å². The number of nitrogens with two attached hydrogens (primary N) is 1. The third kappa shape index (κ3) is 2.37. The number of hydrazine groups is 1. The Morgan fingerprint density at radius 2 is 2.32 bits per heavy atom. The summed E-state index contributed by atoms with van der Waals surface area (Å²) in [6.07, 6.45) is 0. The fourth-order valence-electron chi connectivity index (χ4n) is 2.35. The van der Waals surface area contributed by atoms with Gasteiger partial charge < -0.3 is 4.90 Å². The van der Waals surface area contributed by atoms with E-state index in [0.29, 0.717) is 12.0 Å². The maximum Gasteiger partial charge on any atom is 0.240 e. The molecule has 7 heteroatoms. The standard InChI is InChI=1S/C12H17N5S2/c1-7-6-18-4-3-17(7)10-9-5-8(2)19-11(9)15-12(14-10)16-13/h5,7H,3-4,6,13H2,1-2H3,(H,14,15,16). The zero-order valence-corrected chi connectivity index (χ0v) is 12.6. The van der Waals surface area contributed by atoms with Crippen molar-refractivity contribution in [2.45, 2.75) is 19.9 Å². The van der Waals surface area contributed by atoms with Crippen molar-refractivity contribution in [1.29, 1.82) is 0 Å². The highest BCUT2D eigenvalue weighted by Crippen LogP contribution is 2.34. The Labute approximate surface area is 120 Å². The van der Waals surface area contributed by atoms with Gasteiger partial charge in [0.05, 0.1) is 5.39 Å². The Morgan fingerprint density at radius 1 is 1.47 bits per heavy atom. The molecule has 19 heavy (non-hydrogen) atoms. The maximum absolute atomic E-state index is 5.49. The van der Waals surface area contributed by atoms with E-state index in [9.17, 15) is 0 Å². The van der Waals surface area contributed by atoms with E-state index in [0.717, 1.165) is 34.1 Å². The molecule has 3 N–H and O–H groups in total. The van der Waals surface area contributed by atoms with Crippen LogP contribution in [0.2, 0.25) is 0 Å². The third-order valence-electron chi connectivity index (χ3n) is 3.26. The molecular weight excluding hydrogens is 278 g/mol. The van der Waals surface area contributed by atoms with Gasteiger partial charge in [0, 0.05) is 29.0 Å². The quantitative estimate of drug-likeness (QED) is 0.654. The lowest BCUT2D eigenvalue weighted by Gasteiger charge is -2.34. The van der Waals surface area contributed by atoms with E-state index in [1.807, 2.05) is 11.8 Å². The van der Waals surface area contributed by atoms with E-state index in [4.69, 9.17) is 5.84 Å². The van der Waals surface area contributed by atoms with Crippen LogP contribution in [0.1, 0.15) is 11.8 Å². The number of nitrogens with one attached hydrogen (secondary N) is 1. The minimum absolute atomic E-state index is 0.489. The third-order valence-corrected chi connectivity index (χ3v) is 5.40. The van der Waals surface area contributed by atoms with Crippen molar-refractivity contribution in [3.8, 4) is 0 Å². The van der Waals surface area contributed by atoms with Gasteiger partial charge in [-0.25, -0.2) is 10.8 Å². The summed E-state index contributed by atoms with van der Waals surface area (Å²) in [5.74, 6) is 9.27. The van der Waals surface area contributed by atoms with Gasteiger partial charge in [-0.15, -0.1) is 11.3 Å². The molecule has 2 aromatic heterocycles. The lowest BCUT2D eigenvalue weighted by molar-refractivity contribution is 0.692. The van der Waals surface area contributed by atoms with Crippen LogP contribution < -0.4 is 16.2 Å². The molecule has 2 aromatic rings. The van der Waals surface area contributed by atoms with Crippen LogP contribution in [0.15, 0.2) is 6.07 Å². The van der Waals surface area contributed by atoms with Gasteiger partial charge in [0.2, 0.25) is 5.95 Å². The Morgan fingerprint density at radius 3 is 3.05 bits per heavy atom. The lowest BCUT2D eigenvalue weighted by atomic mass is 10.2. The highest BCUT2D eigenvalue weighted by molar-refractivity contribution is 7.99. The van der Waals surface area contributed by atoms with Crippen LogP contribution in [0.4, 0.5) is 11.8 Å². The fraction of sp³-hybridized carbons (Fsp3) is 0.500. The molecular formula is C12H17N5S2. The predicted molar refractivity (Wildman–Crippen MR) is 84.1 cm³/mol. The summed E-state index contributed by atoms with van der Waals surface area (Å²) in [5.41, 5.74) is 2.58. The molecule has 0 amide bonds. The monoisotopic (exact) mass is 295 g/mol. The maximum atomic E-state index is 5.49. The Hall–Kier alpha value is -1.05. The lowest BCUT2D eigenvalue weighted by Crippen LogP contribution is -2.41. The number of hydrogen-bond acceptors (Lipinski definition) is 7. The number of rotatable bonds is 2. The molecule has 0 bridgehead atoms. The number of fused-ring (bicyclic) bond motifs is 1. The van der Waals surface area contributed by atoms with Gasteiger partial charge in [-0.2, -0.15) is 16.7 Å². The molecule has 3 heterocycles. The van der Waals surface area contributed by atoms with Gasteiger partial charge in [-0.3, -0.25) is 5.43 Å². The molecule has 1 aliphatic heterocycles. The second-order valence-electron chi connectivity index (χ2n) is 4.71. The van der Waals surface area contributed by atoms with Gasteiger partial charge in [0.1, 0.15) is 10.6 Å². The number of aromatic nitrogens is 2. The first-order chi connectivity index (χ1) is 9.19. The molecule has 0 aromatic carbocycles. The van der Waals surface area contributed by atoms with E-state index in [1.165, 1.54) is 4.88 Å². The van der Waals surface area contributed by atoms with Crippen LogP contribution in [0.25, 0.3) is 10.2 Å². The summed E-state index contributed by atoms with van der Waals surface area (Å²) < 4.78 is 0. The zero-order valence-electron chi connectivity index (χ0n) is 11.0. The van der Waals surface area contributed by atoms with E-state index >= 15 is 0 Å². The number of hydrogen-bond donors (Lipinski definition) is 2. The first-order valence-corrected chi connectivity index (χ1v) is 8.25. The normalized spacial score (nSPS) is 19.9. The number of aryl methyl sites for hydroxylation is 1. The van der Waals surface area contributed by atoms with E-state index in [2.05, 4.69) is 40.2 Å². The largest absolute Gasteiger partial charge is 0.352 e. The summed E-state index contributed by atoms with van der Waals surface area (Å²) in [6.45, 7) is 5.37. The van der Waals surface area contributed by atoms with Gasteiger partial charge in [0.15, 0.2) is 0 Å². The van der Waals surface area contributed by atoms with Crippen molar-refractivity contribution in [3.63, 3.8) is 0 Å². The summed E-state index contributed by atoms with van der Waals surface area (Å²) >= 11 is 3.68. The molecule has 1 saturated heterocycles. The van der Waals surface area contributed by atoms with E-state index in [-0.39, 0.29) is 0 Å². The summed E-state index contributed by atoms with van der Waals surface area (Å²) in [6, 6.07) is 2.66. The smallest absolute Gasteiger partial charge is 0.240 e. The van der Waals surface area contributed by atoms with Crippen molar-refractivity contribution < 1.29 is 0 Å². The number of nitrogen functional groups attached to an aromatic ring is 1. The van der Waals surface area contributed by atoms with Gasteiger partial charge >= 0.3 is 0 Å². The van der Waals surface area contributed by atoms with Crippen LogP contribution in [0.3, 0.4) is 0 Å². The fourth-order valence-corrected chi connectivity index (χ4v) is 4.24. The molecule has 1 aliphatic rings. The Bertz CT molecular complexity index is 597. The Balaban J connectivity index is 2.14. The van der Waals surface area contributed by atoms with Crippen molar-refractivity contribution in [2.24, 2.45) is 5.84 Å². The molecule has 1 atom stereocenters. The zero-order chi connectivity index (χ0) is 13.4. The molecule has 0 spiro atoms. The van der Waals surface area contributed by atoms with Gasteiger partial charge in [-0.1, -0.05) is 0 Å². The molecule has 0 saturated carbocycles. The molecule has 3 rings (SSSR count). The van der Waals surface area contributed by atoms with Crippen LogP contribution in [0.5, 0.6) is 0 Å². The molecule has 0 radical (unpaired) electrons. The van der Waals surface area contributed by atoms with Gasteiger partial charge in [0.25, 0.3) is 0 Å². The van der Waals surface area contributed by atoms with Crippen LogP contribution in [0, 0.1) is 6.92 Å². The van der Waals surface area contributed by atoms with Crippen molar-refractivity contribution in [2.75, 3.05) is 28.4 Å². The Kier molecular flexibility index (Phi) is 3.51. The van der Waals surface area contributed by atoms with Crippen LogP contribution in [-0.4, -0.2) is 34.1 Å². The van der Waals surface area contributed by atoms with Crippen LogP contribution >= 0.6 is 23.1 Å². The van der Waals surface area contributed by atoms with E-state index < -0.39 is 0 Å². The number of thioether (sulfide) groups is 1. The topological polar surface area (TPSA) is 67.1 Å². The molecule has 5 nitrogen and oxygen atoms in total. The first kappa shape index (κ1) is 13.0. The van der Waals surface area contributed by atoms with E-state index in [1.54, 1.807) is 11.3 Å². The molecule has 1 fully saturated rings. The van der Waals surface area contributed by atoms with Crippen LogP contribution in [-0.2, 0) is 0 Å². The number of thiophene rings is 1. The van der Waals surface area contributed by atoms with Crippen molar-refractivity contribution >= 4 is 45.1 Å². The minimum atomic E-state index is 0.489. The second-order valence-corrected chi connectivity index (χ2v) is 7.09. The highest BCUT2D eigenvalue weighted by Gasteiger charge is 2.23. The predicted octanol–water partition coefficient (Wildman–Crippen LogP) is 2.23. The number of anilines is 2. The second kappa shape index (κ2) is 5.15. The average molecular weight is 295 g/mol. The molecule has 1 unspecified atom stereocenters. The first-order valence-electron chi connectivity index (χ1n) is 6.28. The van der Waals surface area contributed by atoms with Gasteiger partial charge in [-0.05, 0) is 19.9 Å². The molecule has 0 aliphatic carbocycles. The average Bonchev–Trinajstić information content (AvgIpc) is 2.78. The minimum Gasteiger partial charge on any atom is -0.352 e. The number of nitrogens with zero attached hydrogens (tertiary/aromatic N) is 3. The molecule has 102 valence electrons. The summed E-state index contributed by atoms with van der Waals surface area (Å²) in [7, 11) is 0. The summed E-state index contributed by atoms with van der Waals surface area (Å²) in [4.78, 5) is 13.6. The SMILES string of the molecule is Cc1cc2c(N3CCSCC3C)nc(NN)nc2s1. The van der Waals surface area contributed by atoms with Crippen molar-refractivity contribution in [1.82, 2.24) is 9.97 Å². The highest BCUT2D eigenvalue weighted by atomic mass is 32.2. The summed E-state index contributed by atoms with van der Waals surface area (Å²) in [5, 5.41) is 1.14.